The number of benzene rings is 1. The Kier molecular flexibility index (Phi) is 5.19. The number of aromatic amines is 1. The molecule has 0 saturated carbocycles. The summed E-state index contributed by atoms with van der Waals surface area (Å²) in [6.45, 7) is -1.09. The third-order valence-electron chi connectivity index (χ3n) is 4.16. The predicted octanol–water partition coefficient (Wildman–Crippen LogP) is -2.33. The molecule has 27 heavy (non-hydrogen) atoms. The summed E-state index contributed by atoms with van der Waals surface area (Å²) in [5.41, 5.74) is -1.03. The van der Waals surface area contributed by atoms with E-state index in [0.717, 1.165) is 0 Å². The lowest BCUT2D eigenvalue weighted by atomic mass is 10.1. The zero-order chi connectivity index (χ0) is 19.7. The Morgan fingerprint density at radius 3 is 2.59 bits per heavy atom. The molecule has 0 amide bonds. The Labute approximate surface area is 151 Å². The fourth-order valence-corrected chi connectivity index (χ4v) is 2.74. The maximum Gasteiger partial charge on any atom is 0.349 e. The van der Waals surface area contributed by atoms with E-state index in [0.29, 0.717) is 16.8 Å². The van der Waals surface area contributed by atoms with Crippen LogP contribution in [-0.2, 0) is 6.54 Å². The number of aromatic nitrogens is 4. The lowest BCUT2D eigenvalue weighted by Crippen LogP contribution is -2.42. The highest BCUT2D eigenvalue weighted by Gasteiger charge is 2.27. The van der Waals surface area contributed by atoms with E-state index in [9.17, 15) is 24.9 Å². The second kappa shape index (κ2) is 7.40. The highest BCUT2D eigenvalue weighted by atomic mass is 16.5. The van der Waals surface area contributed by atoms with Crippen LogP contribution in [0.15, 0.2) is 27.8 Å². The van der Waals surface area contributed by atoms with Crippen LogP contribution in [-0.4, -0.2) is 72.0 Å². The van der Waals surface area contributed by atoms with E-state index in [4.69, 9.17) is 9.84 Å². The molecule has 0 bridgehead atoms. The van der Waals surface area contributed by atoms with Crippen molar-refractivity contribution in [3.63, 3.8) is 0 Å². The van der Waals surface area contributed by atoms with E-state index in [1.807, 2.05) is 4.98 Å². The molecule has 2 aliphatic rings. The first-order valence-corrected chi connectivity index (χ1v) is 7.99. The first kappa shape index (κ1) is 18.9. The first-order chi connectivity index (χ1) is 12.8. The average molecular weight is 378 g/mol. The molecule has 0 radical (unpaired) electrons. The highest BCUT2D eigenvalue weighted by Crippen LogP contribution is 2.25. The summed E-state index contributed by atoms with van der Waals surface area (Å²) in [5, 5.41) is 38.7. The number of aliphatic hydroxyl groups is 4. The standard InChI is InChI=1S/C16H18N4O7/c1-27-7-2-3-8-9(4-7)20(5-10(22)13(24)11(23)6-21)14-12(17-8)15(25)19-16(26)18-14/h2-4,10-11,13,21-24H,5-6H2,1H3,(H,19,25,26)/t10-,11-,13-/m1/s1. The molecule has 0 saturated heterocycles. The monoisotopic (exact) mass is 378 g/mol. The van der Waals surface area contributed by atoms with E-state index in [2.05, 4.69) is 9.97 Å². The summed E-state index contributed by atoms with van der Waals surface area (Å²) < 4.78 is 6.50. The van der Waals surface area contributed by atoms with Crippen LogP contribution in [0.2, 0.25) is 0 Å². The van der Waals surface area contributed by atoms with E-state index in [-0.39, 0.29) is 18.1 Å². The van der Waals surface area contributed by atoms with Gasteiger partial charge in [-0.05, 0) is 12.1 Å². The molecule has 0 fully saturated rings. The SMILES string of the molecule is COc1ccc2nc3c(=O)[nH]c(=O)nc-3n(C[C@@H](O)[C@@H](O)[C@H](O)CO)c2c1. The second-order valence-corrected chi connectivity index (χ2v) is 5.93. The Morgan fingerprint density at radius 1 is 1.19 bits per heavy atom. The normalized spacial score (nSPS) is 15.0. The van der Waals surface area contributed by atoms with Gasteiger partial charge in [0.15, 0.2) is 11.5 Å². The lowest BCUT2D eigenvalue weighted by Gasteiger charge is -2.24. The minimum absolute atomic E-state index is 0.103. The van der Waals surface area contributed by atoms with Crippen LogP contribution in [0.1, 0.15) is 0 Å². The van der Waals surface area contributed by atoms with Gasteiger partial charge in [0.25, 0.3) is 5.56 Å². The van der Waals surface area contributed by atoms with Crippen molar-refractivity contribution < 1.29 is 25.2 Å². The number of hydrogen-bond acceptors (Lipinski definition) is 9. The molecule has 2 aliphatic heterocycles. The smallest absolute Gasteiger partial charge is 0.349 e. The van der Waals surface area contributed by atoms with Gasteiger partial charge in [-0.2, -0.15) is 4.98 Å². The van der Waals surface area contributed by atoms with E-state index >= 15 is 0 Å². The van der Waals surface area contributed by atoms with Crippen LogP contribution in [0, 0.1) is 0 Å². The van der Waals surface area contributed by atoms with Gasteiger partial charge in [-0.25, -0.2) is 9.78 Å². The molecule has 2 heterocycles. The van der Waals surface area contributed by atoms with E-state index in [1.54, 1.807) is 18.2 Å². The van der Waals surface area contributed by atoms with Gasteiger partial charge in [0.2, 0.25) is 0 Å². The highest BCUT2D eigenvalue weighted by molar-refractivity contribution is 5.80. The van der Waals surface area contributed by atoms with Gasteiger partial charge in [-0.1, -0.05) is 0 Å². The van der Waals surface area contributed by atoms with Gasteiger partial charge in [-0.15, -0.1) is 0 Å². The first-order valence-electron chi connectivity index (χ1n) is 7.99. The topological polar surface area (TPSA) is 171 Å². The molecular weight excluding hydrogens is 360 g/mol. The van der Waals surface area contributed by atoms with Crippen molar-refractivity contribution in [2.24, 2.45) is 0 Å². The summed E-state index contributed by atoms with van der Waals surface area (Å²) in [5.74, 6) is 0.351. The van der Waals surface area contributed by atoms with Crippen molar-refractivity contribution in [1.82, 2.24) is 19.5 Å². The van der Waals surface area contributed by atoms with Crippen molar-refractivity contribution in [3.8, 4) is 17.3 Å². The molecule has 144 valence electrons. The molecule has 1 aromatic carbocycles. The van der Waals surface area contributed by atoms with Gasteiger partial charge in [0.1, 0.15) is 24.1 Å². The third-order valence-corrected chi connectivity index (χ3v) is 4.16. The van der Waals surface area contributed by atoms with Gasteiger partial charge in [0, 0.05) is 6.07 Å². The van der Waals surface area contributed by atoms with Crippen LogP contribution in [0.3, 0.4) is 0 Å². The maximum atomic E-state index is 12.1. The average Bonchev–Trinajstić information content (AvgIpc) is 2.66. The van der Waals surface area contributed by atoms with Gasteiger partial charge in [0.05, 0.1) is 31.3 Å². The summed E-state index contributed by atoms with van der Waals surface area (Å²) >= 11 is 0. The van der Waals surface area contributed by atoms with Gasteiger partial charge < -0.3 is 29.7 Å². The van der Waals surface area contributed by atoms with Crippen LogP contribution in [0.25, 0.3) is 22.6 Å². The number of methoxy groups -OCH3 is 1. The maximum absolute atomic E-state index is 12.1. The summed E-state index contributed by atoms with van der Waals surface area (Å²) in [4.78, 5) is 33.8. The Balaban J connectivity index is 2.25. The quantitative estimate of drug-likeness (QED) is 0.295. The van der Waals surface area contributed by atoms with E-state index in [1.165, 1.54) is 11.7 Å². The van der Waals surface area contributed by atoms with Crippen LogP contribution in [0.5, 0.6) is 5.75 Å². The van der Waals surface area contributed by atoms with Crippen molar-refractivity contribution >= 4 is 11.0 Å². The number of nitrogens with one attached hydrogen (secondary N) is 1. The minimum Gasteiger partial charge on any atom is -0.497 e. The van der Waals surface area contributed by atoms with Crippen LogP contribution >= 0.6 is 0 Å². The number of ether oxygens (including phenoxy) is 1. The zero-order valence-corrected chi connectivity index (χ0v) is 14.2. The Bertz CT molecular complexity index is 1050. The number of hydrogen-bond donors (Lipinski definition) is 5. The molecule has 3 rings (SSSR count). The van der Waals surface area contributed by atoms with Crippen molar-refractivity contribution in [3.05, 3.63) is 39.0 Å². The van der Waals surface area contributed by atoms with Crippen LogP contribution < -0.4 is 16.0 Å². The molecule has 0 aromatic heterocycles. The molecule has 0 unspecified atom stereocenters. The molecule has 3 atom stereocenters. The molecule has 0 spiro atoms. The van der Waals surface area contributed by atoms with Crippen LogP contribution in [0.4, 0.5) is 0 Å². The number of fused-ring (bicyclic) bond motifs is 2. The minimum atomic E-state index is -1.67. The number of rotatable bonds is 6. The fraction of sp³-hybridized carbons (Fsp3) is 0.375. The molecule has 11 nitrogen and oxygen atoms in total. The molecular formula is C16H18N4O7. The third kappa shape index (κ3) is 3.53. The summed E-state index contributed by atoms with van der Waals surface area (Å²) in [6, 6.07) is 4.77. The summed E-state index contributed by atoms with van der Waals surface area (Å²) in [6.07, 6.45) is -4.77. The predicted molar refractivity (Wildman–Crippen MR) is 92.7 cm³/mol. The van der Waals surface area contributed by atoms with Gasteiger partial charge >= 0.3 is 5.69 Å². The largest absolute Gasteiger partial charge is 0.497 e. The summed E-state index contributed by atoms with van der Waals surface area (Å²) in [7, 11) is 1.45. The van der Waals surface area contributed by atoms with Gasteiger partial charge in [-0.3, -0.25) is 9.78 Å². The van der Waals surface area contributed by atoms with Crippen molar-refractivity contribution in [2.75, 3.05) is 13.7 Å². The Morgan fingerprint density at radius 2 is 1.93 bits per heavy atom. The Hall–Kier alpha value is -2.86. The molecule has 0 aliphatic carbocycles. The van der Waals surface area contributed by atoms with Crippen molar-refractivity contribution in [2.45, 2.75) is 24.9 Å². The second-order valence-electron chi connectivity index (χ2n) is 5.93. The number of nitrogens with zero attached hydrogens (tertiary/aromatic N) is 3. The zero-order valence-electron chi connectivity index (χ0n) is 14.2. The molecule has 1 aromatic rings. The molecule has 11 heteroatoms. The van der Waals surface area contributed by atoms with E-state index < -0.39 is 36.2 Å². The number of H-pyrrole nitrogens is 1. The van der Waals surface area contributed by atoms with Crippen molar-refractivity contribution in [1.29, 1.82) is 0 Å². The fourth-order valence-electron chi connectivity index (χ4n) is 2.74. The molecule has 5 N–H and O–H groups in total. The lowest BCUT2D eigenvalue weighted by molar-refractivity contribution is -0.0802. The number of aliphatic hydroxyl groups excluding tert-OH is 4.